The second kappa shape index (κ2) is 8.46. The number of sulfonamides is 1. The van der Waals surface area contributed by atoms with Crippen LogP contribution in [-0.4, -0.2) is 55.5 Å². The van der Waals surface area contributed by atoms with Gasteiger partial charge < -0.3 is 9.64 Å². The Morgan fingerprint density at radius 1 is 1.09 bits per heavy atom. The van der Waals surface area contributed by atoms with Gasteiger partial charge in [-0.1, -0.05) is 29.9 Å². The van der Waals surface area contributed by atoms with Crippen molar-refractivity contribution in [1.29, 1.82) is 0 Å². The van der Waals surface area contributed by atoms with Gasteiger partial charge in [-0.05, 0) is 56.2 Å². The summed E-state index contributed by atoms with van der Waals surface area (Å²) < 4.78 is 34.2. The molecule has 2 aliphatic heterocycles. The molecule has 0 spiro atoms. The van der Waals surface area contributed by atoms with E-state index < -0.39 is 16.0 Å². The Bertz CT molecular complexity index is 1200. The lowest BCUT2D eigenvalue weighted by molar-refractivity contribution is 0.0234. The van der Waals surface area contributed by atoms with Gasteiger partial charge >= 0.3 is 5.97 Å². The second-order valence-electron chi connectivity index (χ2n) is 8.38. The second-order valence-corrected chi connectivity index (χ2v) is 11.3. The number of nitrogens with zero attached hydrogens (tertiary/aromatic N) is 3. The highest BCUT2D eigenvalue weighted by atomic mass is 32.2. The summed E-state index contributed by atoms with van der Waals surface area (Å²) in [6, 6.07) is 14.1. The maximum Gasteiger partial charge on any atom is 0.338 e. The van der Waals surface area contributed by atoms with Crippen LogP contribution in [0.25, 0.3) is 10.2 Å². The first-order valence-electron chi connectivity index (χ1n) is 10.9. The fourth-order valence-corrected chi connectivity index (χ4v) is 6.89. The summed E-state index contributed by atoms with van der Waals surface area (Å²) in [7, 11) is -3.55. The Balaban J connectivity index is 1.19. The molecule has 0 aliphatic carbocycles. The molecule has 3 aromatic rings. The Labute approximate surface area is 191 Å². The van der Waals surface area contributed by atoms with Gasteiger partial charge in [-0.3, -0.25) is 0 Å². The molecule has 0 saturated carbocycles. The van der Waals surface area contributed by atoms with Crippen molar-refractivity contribution in [3.63, 3.8) is 0 Å². The first kappa shape index (κ1) is 21.4. The number of aromatic nitrogens is 1. The number of hydrogen-bond donors (Lipinski definition) is 0. The van der Waals surface area contributed by atoms with Crippen LogP contribution in [0.15, 0.2) is 53.4 Å². The van der Waals surface area contributed by atoms with Crippen LogP contribution in [0, 0.1) is 0 Å². The van der Waals surface area contributed by atoms with Gasteiger partial charge in [0, 0.05) is 12.6 Å². The van der Waals surface area contributed by atoms with Crippen LogP contribution in [0.5, 0.6) is 0 Å². The lowest BCUT2D eigenvalue weighted by Crippen LogP contribution is -2.53. The molecule has 9 heteroatoms. The molecule has 1 aromatic heterocycles. The molecule has 168 valence electrons. The molecule has 32 heavy (non-hydrogen) atoms. The minimum absolute atomic E-state index is 0.00428. The molecule has 7 nitrogen and oxygen atoms in total. The molecular weight excluding hydrogens is 446 g/mol. The highest BCUT2D eigenvalue weighted by Crippen LogP contribution is 2.32. The normalized spacial score (nSPS) is 20.3. The van der Waals surface area contributed by atoms with Crippen LogP contribution in [0.1, 0.15) is 36.5 Å². The topological polar surface area (TPSA) is 79.8 Å². The number of benzene rings is 2. The summed E-state index contributed by atoms with van der Waals surface area (Å²) in [6.45, 7) is 3.69. The number of para-hydroxylation sites is 1. The summed E-state index contributed by atoms with van der Waals surface area (Å²) >= 11 is 1.63. The summed E-state index contributed by atoms with van der Waals surface area (Å²) in [5.74, 6) is -0.436. The molecule has 0 N–H and O–H groups in total. The Morgan fingerprint density at radius 3 is 2.56 bits per heavy atom. The van der Waals surface area contributed by atoms with Crippen molar-refractivity contribution < 1.29 is 17.9 Å². The standard InChI is InChI=1S/C23H25N3O4S2/c1-16-6-4-5-13-26(16)32(28,29)19-11-9-17(10-12-19)22(27)30-18-14-25(15-18)23-24-20-7-2-3-8-21(20)31-23/h2-3,7-12,16,18H,4-6,13-15H2,1H3. The van der Waals surface area contributed by atoms with Gasteiger partial charge in [-0.2, -0.15) is 4.31 Å². The Hall–Kier alpha value is -2.49. The number of rotatable bonds is 5. The van der Waals surface area contributed by atoms with E-state index in [1.807, 2.05) is 31.2 Å². The lowest BCUT2D eigenvalue weighted by atomic mass is 10.1. The molecule has 0 radical (unpaired) electrons. The van der Waals surface area contributed by atoms with E-state index in [2.05, 4.69) is 9.88 Å². The van der Waals surface area contributed by atoms with Gasteiger partial charge in [-0.25, -0.2) is 18.2 Å². The van der Waals surface area contributed by atoms with E-state index >= 15 is 0 Å². The van der Waals surface area contributed by atoms with Crippen molar-refractivity contribution in [2.75, 3.05) is 24.5 Å². The maximum atomic E-state index is 12.9. The van der Waals surface area contributed by atoms with Crippen molar-refractivity contribution in [2.45, 2.75) is 43.2 Å². The zero-order chi connectivity index (χ0) is 22.3. The lowest BCUT2D eigenvalue weighted by Gasteiger charge is -2.38. The number of fused-ring (bicyclic) bond motifs is 1. The minimum atomic E-state index is -3.55. The molecule has 2 aromatic carbocycles. The first-order valence-corrected chi connectivity index (χ1v) is 13.1. The van der Waals surface area contributed by atoms with Gasteiger partial charge in [0.15, 0.2) is 5.13 Å². The van der Waals surface area contributed by atoms with Gasteiger partial charge in [0.2, 0.25) is 10.0 Å². The zero-order valence-corrected chi connectivity index (χ0v) is 19.4. The van der Waals surface area contributed by atoms with Crippen LogP contribution >= 0.6 is 11.3 Å². The van der Waals surface area contributed by atoms with E-state index in [0.717, 1.165) is 34.6 Å². The van der Waals surface area contributed by atoms with Crippen LogP contribution in [0.2, 0.25) is 0 Å². The molecule has 2 aliphatic rings. The van der Waals surface area contributed by atoms with Gasteiger partial charge in [0.1, 0.15) is 6.10 Å². The largest absolute Gasteiger partial charge is 0.455 e. The molecule has 1 atom stereocenters. The number of piperidine rings is 1. The van der Waals surface area contributed by atoms with E-state index in [9.17, 15) is 13.2 Å². The van der Waals surface area contributed by atoms with Gasteiger partial charge in [-0.15, -0.1) is 0 Å². The Kier molecular flexibility index (Phi) is 5.65. The molecule has 0 amide bonds. The minimum Gasteiger partial charge on any atom is -0.455 e. The number of esters is 1. The maximum absolute atomic E-state index is 12.9. The van der Waals surface area contributed by atoms with E-state index in [4.69, 9.17) is 4.74 Å². The summed E-state index contributed by atoms with van der Waals surface area (Å²) in [5.41, 5.74) is 1.33. The fourth-order valence-electron chi connectivity index (χ4n) is 4.21. The van der Waals surface area contributed by atoms with Crippen LogP contribution < -0.4 is 4.90 Å². The Morgan fingerprint density at radius 2 is 1.84 bits per heavy atom. The third-order valence-electron chi connectivity index (χ3n) is 6.11. The smallest absolute Gasteiger partial charge is 0.338 e. The number of hydrogen-bond acceptors (Lipinski definition) is 7. The average molecular weight is 472 g/mol. The monoisotopic (exact) mass is 471 g/mol. The molecule has 5 rings (SSSR count). The summed E-state index contributed by atoms with van der Waals surface area (Å²) in [4.78, 5) is 19.5. The average Bonchev–Trinajstić information content (AvgIpc) is 3.19. The first-order chi connectivity index (χ1) is 15.4. The molecule has 1 unspecified atom stereocenters. The van der Waals surface area contributed by atoms with Crippen molar-refractivity contribution in [1.82, 2.24) is 9.29 Å². The van der Waals surface area contributed by atoms with Gasteiger partial charge in [0.05, 0.1) is 33.8 Å². The molecule has 2 saturated heterocycles. The number of carbonyl (C=O) groups is 1. The highest BCUT2D eigenvalue weighted by Gasteiger charge is 2.33. The van der Waals surface area contributed by atoms with Crippen LogP contribution in [0.4, 0.5) is 5.13 Å². The SMILES string of the molecule is CC1CCCCN1S(=O)(=O)c1ccc(C(=O)OC2CN(c3nc4ccccc4s3)C2)cc1. The van der Waals surface area contributed by atoms with Crippen molar-refractivity contribution in [2.24, 2.45) is 0 Å². The van der Waals surface area contributed by atoms with Crippen LogP contribution in [0.3, 0.4) is 0 Å². The predicted molar refractivity (Wildman–Crippen MR) is 125 cm³/mol. The molecular formula is C23H25N3O4S2. The van der Waals surface area contributed by atoms with E-state index in [-0.39, 0.29) is 17.0 Å². The number of carbonyl (C=O) groups excluding carboxylic acids is 1. The third kappa shape index (κ3) is 4.00. The quantitative estimate of drug-likeness (QED) is 0.525. The van der Waals surface area contributed by atoms with E-state index in [0.29, 0.717) is 25.2 Å². The van der Waals surface area contributed by atoms with Crippen molar-refractivity contribution >= 4 is 42.7 Å². The van der Waals surface area contributed by atoms with Crippen LogP contribution in [-0.2, 0) is 14.8 Å². The van der Waals surface area contributed by atoms with Crippen molar-refractivity contribution in [3.8, 4) is 0 Å². The third-order valence-corrected chi connectivity index (χ3v) is 9.24. The molecule has 3 heterocycles. The van der Waals surface area contributed by atoms with E-state index in [1.165, 1.54) is 24.3 Å². The van der Waals surface area contributed by atoms with E-state index in [1.54, 1.807) is 15.6 Å². The number of anilines is 1. The number of thiazole rings is 1. The highest BCUT2D eigenvalue weighted by molar-refractivity contribution is 7.89. The summed E-state index contributed by atoms with van der Waals surface area (Å²) in [6.07, 6.45) is 2.60. The fraction of sp³-hybridized carbons (Fsp3) is 0.391. The zero-order valence-electron chi connectivity index (χ0n) is 17.8. The number of ether oxygens (including phenoxy) is 1. The molecule has 0 bridgehead atoms. The van der Waals surface area contributed by atoms with Crippen molar-refractivity contribution in [3.05, 3.63) is 54.1 Å². The predicted octanol–water partition coefficient (Wildman–Crippen LogP) is 3.91. The molecule has 2 fully saturated rings. The van der Waals surface area contributed by atoms with Gasteiger partial charge in [0.25, 0.3) is 0 Å². The summed E-state index contributed by atoms with van der Waals surface area (Å²) in [5, 5.41) is 0.931.